The van der Waals surface area contributed by atoms with Gasteiger partial charge in [-0.25, -0.2) is 9.37 Å². The van der Waals surface area contributed by atoms with Crippen LogP contribution in [-0.4, -0.2) is 54.2 Å². The van der Waals surface area contributed by atoms with Crippen LogP contribution in [0.3, 0.4) is 0 Å². The summed E-state index contributed by atoms with van der Waals surface area (Å²) in [6.45, 7) is 5.40. The molecule has 0 radical (unpaired) electrons. The maximum Gasteiger partial charge on any atom is 0.224 e. The van der Waals surface area contributed by atoms with E-state index in [2.05, 4.69) is 22.1 Å². The molecule has 33 heavy (non-hydrogen) atoms. The molecular weight excluding hydrogens is 441 g/mol. The molecule has 1 amide bonds. The van der Waals surface area contributed by atoms with E-state index in [0.29, 0.717) is 26.2 Å². The highest BCUT2D eigenvalue weighted by molar-refractivity contribution is 7.07. The molecule has 8 heteroatoms. The molecule has 182 valence electrons. The van der Waals surface area contributed by atoms with Gasteiger partial charge in [-0.3, -0.25) is 4.79 Å². The lowest BCUT2D eigenvalue weighted by Crippen LogP contribution is -2.39. The lowest BCUT2D eigenvalue weighted by Gasteiger charge is -2.29. The van der Waals surface area contributed by atoms with Gasteiger partial charge >= 0.3 is 0 Å². The Bertz CT molecular complexity index is 878. The first-order valence-electron chi connectivity index (χ1n) is 11.9. The number of aromatic nitrogens is 1. The van der Waals surface area contributed by atoms with E-state index in [1.807, 2.05) is 11.4 Å². The summed E-state index contributed by atoms with van der Waals surface area (Å²) in [5.74, 6) is -0.278. The first-order chi connectivity index (χ1) is 16.0. The summed E-state index contributed by atoms with van der Waals surface area (Å²) in [6.07, 6.45) is 5.36. The molecule has 1 aromatic heterocycles. The molecule has 1 aromatic carbocycles. The fourth-order valence-electron chi connectivity index (χ4n) is 4.66. The van der Waals surface area contributed by atoms with E-state index in [1.54, 1.807) is 30.0 Å². The third-order valence-electron chi connectivity index (χ3n) is 6.50. The van der Waals surface area contributed by atoms with E-state index in [9.17, 15) is 9.18 Å². The molecule has 0 aliphatic carbocycles. The minimum atomic E-state index is -0.385. The van der Waals surface area contributed by atoms with Crippen LogP contribution >= 0.6 is 11.3 Å². The van der Waals surface area contributed by atoms with Crippen molar-refractivity contribution >= 4 is 17.2 Å². The van der Waals surface area contributed by atoms with Gasteiger partial charge in [0.15, 0.2) is 0 Å². The van der Waals surface area contributed by atoms with E-state index in [4.69, 9.17) is 9.84 Å². The van der Waals surface area contributed by atoms with Gasteiger partial charge in [0.1, 0.15) is 5.82 Å². The summed E-state index contributed by atoms with van der Waals surface area (Å²) in [4.78, 5) is 19.1. The average Bonchev–Trinajstić information content (AvgIpc) is 3.39. The third kappa shape index (κ3) is 6.82. The van der Waals surface area contributed by atoms with Crippen LogP contribution in [-0.2, 0) is 28.2 Å². The van der Waals surface area contributed by atoms with Crippen LogP contribution in [0.15, 0.2) is 29.1 Å². The average molecular weight is 478 g/mol. The fourth-order valence-corrected chi connectivity index (χ4v) is 5.23. The Morgan fingerprint density at radius 1 is 1.39 bits per heavy atom. The first kappa shape index (κ1) is 25.7. The van der Waals surface area contributed by atoms with Crippen molar-refractivity contribution in [2.24, 2.45) is 5.92 Å². The van der Waals surface area contributed by atoms with Gasteiger partial charge in [-0.2, -0.15) is 0 Å². The molecule has 2 aromatic rings. The predicted molar refractivity (Wildman–Crippen MR) is 129 cm³/mol. The van der Waals surface area contributed by atoms with Crippen LogP contribution in [0.25, 0.3) is 0 Å². The molecule has 0 bridgehead atoms. The molecule has 0 saturated carbocycles. The molecule has 2 N–H and O–H groups in total. The summed E-state index contributed by atoms with van der Waals surface area (Å²) < 4.78 is 20.1. The summed E-state index contributed by atoms with van der Waals surface area (Å²) in [7, 11) is 1.69. The molecule has 2 aliphatic rings. The van der Waals surface area contributed by atoms with Gasteiger partial charge in [0.25, 0.3) is 0 Å². The minimum Gasteiger partial charge on any atom is -0.396 e. The SMILES string of the molecule is CCCCO.CNC(=O)C(Cc1cscn1)CN1CCCC2(CC1)OCc1ccc(F)cc12. The molecule has 6 nitrogen and oxygen atoms in total. The van der Waals surface area contributed by atoms with Crippen LogP contribution in [0.2, 0.25) is 0 Å². The van der Waals surface area contributed by atoms with Gasteiger partial charge in [-0.05, 0) is 55.5 Å². The zero-order valence-corrected chi connectivity index (χ0v) is 20.5. The number of halogens is 1. The Balaban J connectivity index is 0.000000555. The second kappa shape index (κ2) is 12.6. The minimum absolute atomic E-state index is 0.0523. The van der Waals surface area contributed by atoms with E-state index in [0.717, 1.165) is 62.0 Å². The number of hydrogen-bond acceptors (Lipinski definition) is 6. The lowest BCUT2D eigenvalue weighted by molar-refractivity contribution is -0.125. The van der Waals surface area contributed by atoms with Crippen molar-refractivity contribution in [3.63, 3.8) is 0 Å². The largest absolute Gasteiger partial charge is 0.396 e. The smallest absolute Gasteiger partial charge is 0.224 e. The van der Waals surface area contributed by atoms with Gasteiger partial charge in [0.2, 0.25) is 5.91 Å². The topological polar surface area (TPSA) is 74.7 Å². The lowest BCUT2D eigenvalue weighted by atomic mass is 9.86. The number of unbranched alkanes of at least 4 members (excludes halogenated alkanes) is 1. The second-order valence-electron chi connectivity index (χ2n) is 8.81. The molecular formula is C25H36FN3O3S. The maximum atomic E-state index is 13.8. The first-order valence-corrected chi connectivity index (χ1v) is 12.8. The van der Waals surface area contributed by atoms with Gasteiger partial charge in [-0.1, -0.05) is 19.4 Å². The quantitative estimate of drug-likeness (QED) is 0.633. The van der Waals surface area contributed by atoms with Gasteiger partial charge in [0, 0.05) is 38.5 Å². The molecule has 3 heterocycles. The van der Waals surface area contributed by atoms with Crippen molar-refractivity contribution in [3.05, 3.63) is 51.7 Å². The Labute approximate surface area is 200 Å². The molecule has 1 fully saturated rings. The number of aliphatic hydroxyl groups excluding tert-OH is 1. The van der Waals surface area contributed by atoms with Crippen molar-refractivity contribution in [1.82, 2.24) is 15.2 Å². The highest BCUT2D eigenvalue weighted by Crippen LogP contribution is 2.44. The summed E-state index contributed by atoms with van der Waals surface area (Å²) >= 11 is 1.55. The highest BCUT2D eigenvalue weighted by Gasteiger charge is 2.41. The van der Waals surface area contributed by atoms with Crippen molar-refractivity contribution in [2.75, 3.05) is 33.3 Å². The normalized spacial score (nSPS) is 21.1. The monoisotopic (exact) mass is 477 g/mol. The standard InChI is InChI=1S/C21H26FN3O2S.C4H10O/c1-23-20(26)16(9-18-13-28-14-24-18)11-25-7-2-5-21(6-8-25)19-10-17(22)4-3-15(19)12-27-21;1-2-3-4-5/h3-4,10,13-14,16H,2,5-9,11-12H2,1H3,(H,23,26);5H,2-4H2,1H3. The number of aliphatic hydroxyl groups is 1. The van der Waals surface area contributed by atoms with Crippen LogP contribution in [0.1, 0.15) is 55.8 Å². The number of carbonyl (C=O) groups is 1. The Morgan fingerprint density at radius 2 is 2.24 bits per heavy atom. The molecule has 2 unspecified atom stereocenters. The number of likely N-dealkylation sites (tertiary alicyclic amines) is 1. The van der Waals surface area contributed by atoms with Crippen molar-refractivity contribution in [1.29, 1.82) is 0 Å². The van der Waals surface area contributed by atoms with Crippen molar-refractivity contribution in [2.45, 2.75) is 57.7 Å². The molecule has 2 aliphatic heterocycles. The van der Waals surface area contributed by atoms with E-state index in [-0.39, 0.29) is 23.2 Å². The fraction of sp³-hybridized carbons (Fsp3) is 0.600. The molecule has 1 spiro atoms. The van der Waals surface area contributed by atoms with E-state index < -0.39 is 0 Å². The van der Waals surface area contributed by atoms with Crippen molar-refractivity contribution < 1.29 is 19.0 Å². The molecule has 4 rings (SSSR count). The zero-order valence-electron chi connectivity index (χ0n) is 19.7. The Hall–Kier alpha value is -1.87. The van der Waals surface area contributed by atoms with Gasteiger partial charge in [-0.15, -0.1) is 11.3 Å². The number of rotatable bonds is 7. The predicted octanol–water partition coefficient (Wildman–Crippen LogP) is 3.88. The van der Waals surface area contributed by atoms with Crippen LogP contribution in [0.5, 0.6) is 0 Å². The van der Waals surface area contributed by atoms with Crippen LogP contribution in [0.4, 0.5) is 4.39 Å². The Morgan fingerprint density at radius 3 is 2.91 bits per heavy atom. The van der Waals surface area contributed by atoms with E-state index in [1.165, 1.54) is 6.07 Å². The number of carbonyl (C=O) groups excluding carboxylic acids is 1. The highest BCUT2D eigenvalue weighted by atomic mass is 32.1. The zero-order chi connectivity index (χ0) is 23.7. The Kier molecular flexibility index (Phi) is 9.79. The number of ether oxygens (including phenoxy) is 1. The maximum absolute atomic E-state index is 13.8. The molecule has 2 atom stereocenters. The number of nitrogens with zero attached hydrogens (tertiary/aromatic N) is 2. The number of nitrogens with one attached hydrogen (secondary N) is 1. The third-order valence-corrected chi connectivity index (χ3v) is 7.14. The van der Waals surface area contributed by atoms with Crippen molar-refractivity contribution in [3.8, 4) is 0 Å². The number of benzene rings is 1. The van der Waals surface area contributed by atoms with Gasteiger partial charge in [0.05, 0.1) is 29.3 Å². The number of thiazole rings is 1. The number of fused-ring (bicyclic) bond motifs is 2. The van der Waals surface area contributed by atoms with Gasteiger partial charge < -0.3 is 20.1 Å². The summed E-state index contributed by atoms with van der Waals surface area (Å²) in [5, 5.41) is 12.9. The second-order valence-corrected chi connectivity index (χ2v) is 9.53. The van der Waals surface area contributed by atoms with E-state index >= 15 is 0 Å². The van der Waals surface area contributed by atoms with Crippen LogP contribution in [0, 0.1) is 11.7 Å². The number of hydrogen-bond donors (Lipinski definition) is 2. The summed E-state index contributed by atoms with van der Waals surface area (Å²) in [5.41, 5.74) is 4.50. The molecule has 1 saturated heterocycles. The summed E-state index contributed by atoms with van der Waals surface area (Å²) in [6, 6.07) is 5.00. The number of amides is 1. The van der Waals surface area contributed by atoms with Crippen LogP contribution < -0.4 is 5.32 Å².